The van der Waals surface area contributed by atoms with Crippen LogP contribution in [0.2, 0.25) is 0 Å². The van der Waals surface area contributed by atoms with Gasteiger partial charge >= 0.3 is 0 Å². The third-order valence-corrected chi connectivity index (χ3v) is 5.27. The molecule has 3 heterocycles. The van der Waals surface area contributed by atoms with Crippen molar-refractivity contribution in [2.75, 3.05) is 17.7 Å². The summed E-state index contributed by atoms with van der Waals surface area (Å²) in [6.45, 7) is 3.46. The van der Waals surface area contributed by atoms with E-state index < -0.39 is 0 Å². The molecule has 0 aliphatic carbocycles. The van der Waals surface area contributed by atoms with Crippen LogP contribution >= 0.6 is 11.8 Å². The summed E-state index contributed by atoms with van der Waals surface area (Å²) in [6.07, 6.45) is 2.28. The lowest BCUT2D eigenvalue weighted by Crippen LogP contribution is -2.17. The molecule has 4 rings (SSSR count). The van der Waals surface area contributed by atoms with Gasteiger partial charge in [-0.25, -0.2) is 4.68 Å². The summed E-state index contributed by atoms with van der Waals surface area (Å²) in [5, 5.41) is 15.8. The number of nitrogen functional groups attached to an aromatic ring is 1. The predicted molar refractivity (Wildman–Crippen MR) is 105 cm³/mol. The van der Waals surface area contributed by atoms with Gasteiger partial charge in [-0.2, -0.15) is 15.0 Å². The minimum Gasteiger partial charge on any atom is -0.376 e. The number of para-hydroxylation sites is 1. The van der Waals surface area contributed by atoms with Crippen molar-refractivity contribution < 1.29 is 4.74 Å². The highest BCUT2D eigenvalue weighted by molar-refractivity contribution is 7.98. The number of ether oxygens (including phenoxy) is 1. The standard InChI is InChI=1S/C17H21N9OS/c1-11-5-2-3-7-13(11)19-16-21-14(20-15(18)22-16)10-28-17-23-24-25-26(17)9-12-6-4-8-27-12/h2-3,5,7,12H,4,6,8-10H2,1H3,(H3,18,19,20,21,22). The van der Waals surface area contributed by atoms with Gasteiger partial charge in [-0.15, -0.1) is 5.10 Å². The van der Waals surface area contributed by atoms with Crippen molar-refractivity contribution in [2.24, 2.45) is 0 Å². The van der Waals surface area contributed by atoms with Gasteiger partial charge < -0.3 is 15.8 Å². The first-order chi connectivity index (χ1) is 13.7. The Hall–Kier alpha value is -2.79. The first-order valence-electron chi connectivity index (χ1n) is 9.01. The van der Waals surface area contributed by atoms with E-state index in [-0.39, 0.29) is 12.1 Å². The normalized spacial score (nSPS) is 16.4. The summed E-state index contributed by atoms with van der Waals surface area (Å²) in [7, 11) is 0. The number of hydrogen-bond donors (Lipinski definition) is 2. The van der Waals surface area contributed by atoms with Crippen molar-refractivity contribution in [1.82, 2.24) is 35.2 Å². The van der Waals surface area contributed by atoms with Gasteiger partial charge in [-0.3, -0.25) is 0 Å². The fourth-order valence-corrected chi connectivity index (χ4v) is 3.66. The largest absolute Gasteiger partial charge is 0.376 e. The van der Waals surface area contributed by atoms with Crippen molar-refractivity contribution in [2.45, 2.75) is 43.3 Å². The number of rotatable bonds is 7. The van der Waals surface area contributed by atoms with Crippen LogP contribution in [0.15, 0.2) is 29.4 Å². The fraction of sp³-hybridized carbons (Fsp3) is 0.412. The monoisotopic (exact) mass is 399 g/mol. The smallest absolute Gasteiger partial charge is 0.232 e. The Morgan fingerprint density at radius 3 is 3.00 bits per heavy atom. The molecule has 1 saturated heterocycles. The van der Waals surface area contributed by atoms with Gasteiger partial charge in [0.2, 0.25) is 17.1 Å². The molecule has 0 saturated carbocycles. The Morgan fingerprint density at radius 2 is 2.18 bits per heavy atom. The van der Waals surface area contributed by atoms with Crippen molar-refractivity contribution >= 4 is 29.3 Å². The van der Waals surface area contributed by atoms with Crippen molar-refractivity contribution in [3.8, 4) is 0 Å². The first kappa shape index (κ1) is 18.6. The fourth-order valence-electron chi connectivity index (χ4n) is 2.92. The number of aryl methyl sites for hydroxylation is 1. The van der Waals surface area contributed by atoms with Gasteiger partial charge in [0.1, 0.15) is 5.82 Å². The highest BCUT2D eigenvalue weighted by Crippen LogP contribution is 2.22. The van der Waals surface area contributed by atoms with E-state index in [9.17, 15) is 0 Å². The molecule has 3 N–H and O–H groups in total. The molecule has 1 atom stereocenters. The molecule has 1 fully saturated rings. The minimum absolute atomic E-state index is 0.167. The topological polar surface area (TPSA) is 130 Å². The van der Waals surface area contributed by atoms with Gasteiger partial charge in [-0.1, -0.05) is 30.0 Å². The van der Waals surface area contributed by atoms with Crippen LogP contribution in [0, 0.1) is 6.92 Å². The van der Waals surface area contributed by atoms with E-state index in [1.165, 1.54) is 11.8 Å². The number of nitrogens with zero attached hydrogens (tertiary/aromatic N) is 7. The van der Waals surface area contributed by atoms with E-state index in [0.717, 1.165) is 30.7 Å². The third kappa shape index (κ3) is 4.54. The molecule has 2 aromatic heterocycles. The Labute approximate surface area is 166 Å². The second-order valence-electron chi connectivity index (χ2n) is 6.44. The molecule has 3 aromatic rings. The third-order valence-electron chi connectivity index (χ3n) is 4.32. The summed E-state index contributed by atoms with van der Waals surface area (Å²) in [5.41, 5.74) is 7.88. The number of anilines is 3. The number of tetrazole rings is 1. The molecular weight excluding hydrogens is 378 g/mol. The van der Waals surface area contributed by atoms with E-state index in [4.69, 9.17) is 10.5 Å². The minimum atomic E-state index is 0.167. The zero-order valence-corrected chi connectivity index (χ0v) is 16.3. The van der Waals surface area contributed by atoms with Crippen LogP contribution in [-0.4, -0.2) is 47.9 Å². The van der Waals surface area contributed by atoms with Crippen molar-refractivity contribution in [3.05, 3.63) is 35.7 Å². The van der Waals surface area contributed by atoms with Crippen LogP contribution in [0.1, 0.15) is 24.2 Å². The molecule has 28 heavy (non-hydrogen) atoms. The molecule has 11 heteroatoms. The summed E-state index contributed by atoms with van der Waals surface area (Å²) in [5.74, 6) is 1.61. The average Bonchev–Trinajstić information content (AvgIpc) is 3.34. The van der Waals surface area contributed by atoms with E-state index >= 15 is 0 Å². The van der Waals surface area contributed by atoms with E-state index in [2.05, 4.69) is 35.8 Å². The van der Waals surface area contributed by atoms with Crippen LogP contribution in [0.4, 0.5) is 17.6 Å². The highest BCUT2D eigenvalue weighted by atomic mass is 32.2. The molecule has 0 bridgehead atoms. The van der Waals surface area contributed by atoms with Crippen LogP contribution in [-0.2, 0) is 17.0 Å². The zero-order valence-electron chi connectivity index (χ0n) is 15.4. The summed E-state index contributed by atoms with van der Waals surface area (Å²) < 4.78 is 7.42. The molecule has 1 aliphatic rings. The molecular formula is C17H21N9OS. The van der Waals surface area contributed by atoms with Crippen LogP contribution in [0.5, 0.6) is 0 Å². The van der Waals surface area contributed by atoms with Gasteiger partial charge in [0.05, 0.1) is 18.4 Å². The Kier molecular flexibility index (Phi) is 5.63. The lowest BCUT2D eigenvalue weighted by molar-refractivity contribution is 0.0912. The van der Waals surface area contributed by atoms with Crippen LogP contribution in [0.25, 0.3) is 0 Å². The molecule has 0 amide bonds. The number of benzene rings is 1. The molecule has 1 aliphatic heterocycles. The number of nitrogens with two attached hydrogens (primary N) is 1. The number of hydrogen-bond acceptors (Lipinski definition) is 10. The van der Waals surface area contributed by atoms with Crippen molar-refractivity contribution in [3.63, 3.8) is 0 Å². The number of thioether (sulfide) groups is 1. The summed E-state index contributed by atoms with van der Waals surface area (Å²) in [4.78, 5) is 12.9. The maximum atomic E-state index is 5.87. The van der Waals surface area contributed by atoms with E-state index in [0.29, 0.717) is 29.2 Å². The van der Waals surface area contributed by atoms with E-state index in [1.807, 2.05) is 31.2 Å². The lowest BCUT2D eigenvalue weighted by Gasteiger charge is -2.10. The second-order valence-corrected chi connectivity index (χ2v) is 7.38. The van der Waals surface area contributed by atoms with Gasteiger partial charge in [0.25, 0.3) is 0 Å². The maximum Gasteiger partial charge on any atom is 0.232 e. The molecule has 1 unspecified atom stereocenters. The molecule has 146 valence electrons. The lowest BCUT2D eigenvalue weighted by atomic mass is 10.2. The van der Waals surface area contributed by atoms with Crippen molar-refractivity contribution in [1.29, 1.82) is 0 Å². The van der Waals surface area contributed by atoms with Gasteiger partial charge in [0, 0.05) is 12.3 Å². The SMILES string of the molecule is Cc1ccccc1Nc1nc(N)nc(CSc2nnnn2CC2CCCO2)n1. The zero-order chi connectivity index (χ0) is 19.3. The molecule has 1 aromatic carbocycles. The Bertz CT molecular complexity index is 942. The average molecular weight is 399 g/mol. The van der Waals surface area contributed by atoms with Crippen LogP contribution < -0.4 is 11.1 Å². The van der Waals surface area contributed by atoms with Crippen LogP contribution in [0.3, 0.4) is 0 Å². The van der Waals surface area contributed by atoms with Gasteiger partial charge in [0.15, 0.2) is 0 Å². The molecule has 10 nitrogen and oxygen atoms in total. The molecule has 0 spiro atoms. The highest BCUT2D eigenvalue weighted by Gasteiger charge is 2.19. The predicted octanol–water partition coefficient (Wildman–Crippen LogP) is 1.96. The Balaban J connectivity index is 1.43. The number of aromatic nitrogens is 7. The Morgan fingerprint density at radius 1 is 1.29 bits per heavy atom. The number of nitrogens with one attached hydrogen (secondary N) is 1. The molecule has 0 radical (unpaired) electrons. The quantitative estimate of drug-likeness (QED) is 0.569. The summed E-state index contributed by atoms with van der Waals surface area (Å²) >= 11 is 1.45. The second kappa shape index (κ2) is 8.48. The summed E-state index contributed by atoms with van der Waals surface area (Å²) in [6, 6.07) is 7.90. The maximum absolute atomic E-state index is 5.87. The first-order valence-corrected chi connectivity index (χ1v) is 9.99. The van der Waals surface area contributed by atoms with E-state index in [1.54, 1.807) is 4.68 Å². The van der Waals surface area contributed by atoms with Gasteiger partial charge in [-0.05, 0) is 41.8 Å².